The first-order valence-corrected chi connectivity index (χ1v) is 11.7. The molecule has 33 heavy (non-hydrogen) atoms. The van der Waals surface area contributed by atoms with Gasteiger partial charge >= 0.3 is 6.03 Å². The van der Waals surface area contributed by atoms with E-state index in [9.17, 15) is 9.59 Å². The zero-order chi connectivity index (χ0) is 23.4. The van der Waals surface area contributed by atoms with E-state index in [0.717, 1.165) is 36.8 Å². The largest absolute Gasteiger partial charge is 0.493 e. The highest BCUT2D eigenvalue weighted by molar-refractivity contribution is 6.30. The van der Waals surface area contributed by atoms with Crippen LogP contribution in [0.25, 0.3) is 0 Å². The Labute approximate surface area is 199 Å². The van der Waals surface area contributed by atoms with Gasteiger partial charge in [0, 0.05) is 29.7 Å². The fraction of sp³-hybridized carbons (Fsp3) is 0.440. The summed E-state index contributed by atoms with van der Waals surface area (Å²) in [6.07, 6.45) is 4.72. The van der Waals surface area contributed by atoms with Crippen LogP contribution in [-0.2, 0) is 11.2 Å². The van der Waals surface area contributed by atoms with E-state index >= 15 is 0 Å². The number of benzene rings is 2. The Morgan fingerprint density at radius 1 is 1.06 bits per heavy atom. The summed E-state index contributed by atoms with van der Waals surface area (Å²) in [6, 6.07) is 10.3. The van der Waals surface area contributed by atoms with E-state index < -0.39 is 0 Å². The van der Waals surface area contributed by atoms with Gasteiger partial charge in [0.25, 0.3) is 0 Å². The lowest BCUT2D eigenvalue weighted by Crippen LogP contribution is -2.47. The third-order valence-corrected chi connectivity index (χ3v) is 6.81. The quantitative estimate of drug-likeness (QED) is 0.634. The van der Waals surface area contributed by atoms with Crippen LogP contribution in [0.4, 0.5) is 10.5 Å². The lowest BCUT2D eigenvalue weighted by atomic mass is 9.91. The number of halogens is 1. The Kier molecular flexibility index (Phi) is 7.28. The van der Waals surface area contributed by atoms with Gasteiger partial charge in [-0.25, -0.2) is 4.79 Å². The molecule has 8 heteroatoms. The predicted molar refractivity (Wildman–Crippen MR) is 128 cm³/mol. The lowest BCUT2D eigenvalue weighted by Gasteiger charge is -2.38. The van der Waals surface area contributed by atoms with Gasteiger partial charge in [-0.1, -0.05) is 24.4 Å². The maximum atomic E-state index is 13.3. The van der Waals surface area contributed by atoms with Gasteiger partial charge in [0.1, 0.15) is 0 Å². The number of carbonyl (C=O) groups is 2. The van der Waals surface area contributed by atoms with Crippen molar-refractivity contribution < 1.29 is 19.1 Å². The minimum atomic E-state index is -0.328. The van der Waals surface area contributed by atoms with Crippen LogP contribution in [0.3, 0.4) is 0 Å². The summed E-state index contributed by atoms with van der Waals surface area (Å²) in [5.74, 6) is 1.39. The van der Waals surface area contributed by atoms with Crippen molar-refractivity contribution in [3.63, 3.8) is 0 Å². The van der Waals surface area contributed by atoms with Crippen LogP contribution in [0, 0.1) is 5.92 Å². The van der Waals surface area contributed by atoms with E-state index in [1.54, 1.807) is 43.4 Å². The fourth-order valence-electron chi connectivity index (χ4n) is 4.75. The summed E-state index contributed by atoms with van der Waals surface area (Å²) in [6.45, 7) is 0.859. The Morgan fingerprint density at radius 2 is 1.73 bits per heavy atom. The molecule has 0 radical (unpaired) electrons. The number of carbonyl (C=O) groups excluding carboxylic acids is 2. The average molecular weight is 472 g/mol. The van der Waals surface area contributed by atoms with Gasteiger partial charge in [-0.3, -0.25) is 4.79 Å². The van der Waals surface area contributed by atoms with Gasteiger partial charge in [0.15, 0.2) is 11.5 Å². The van der Waals surface area contributed by atoms with Crippen LogP contribution in [0.5, 0.6) is 11.5 Å². The number of nitrogens with one attached hydrogen (secondary N) is 2. The SMILES string of the molecule is COc1cc2c(cc1OC)C(CNC(=O)C1CCCC1)N(C(=O)Nc1ccc(Cl)cc1)CC2. The van der Waals surface area contributed by atoms with E-state index in [2.05, 4.69) is 10.6 Å². The Bertz CT molecular complexity index is 1010. The van der Waals surface area contributed by atoms with Crippen molar-refractivity contribution in [1.82, 2.24) is 10.2 Å². The second kappa shape index (κ2) is 10.3. The summed E-state index contributed by atoms with van der Waals surface area (Å²) in [4.78, 5) is 27.8. The predicted octanol–water partition coefficient (Wildman–Crippen LogP) is 4.79. The normalized spacial score (nSPS) is 17.9. The van der Waals surface area contributed by atoms with Gasteiger partial charge in [-0.15, -0.1) is 0 Å². The molecule has 0 bridgehead atoms. The summed E-state index contributed by atoms with van der Waals surface area (Å²) < 4.78 is 11.0. The van der Waals surface area contributed by atoms with Gasteiger partial charge in [0.2, 0.25) is 5.91 Å². The molecule has 2 aliphatic rings. The molecule has 2 N–H and O–H groups in total. The monoisotopic (exact) mass is 471 g/mol. The van der Waals surface area contributed by atoms with Crippen LogP contribution >= 0.6 is 11.6 Å². The second-order valence-corrected chi connectivity index (χ2v) is 8.97. The van der Waals surface area contributed by atoms with Crippen molar-refractivity contribution in [2.45, 2.75) is 38.1 Å². The number of nitrogens with zero attached hydrogens (tertiary/aromatic N) is 1. The molecule has 2 aromatic rings. The van der Waals surface area contributed by atoms with Gasteiger partial charge in [0.05, 0.1) is 20.3 Å². The molecule has 1 heterocycles. The number of methoxy groups -OCH3 is 2. The number of hydrogen-bond acceptors (Lipinski definition) is 4. The Morgan fingerprint density at radius 3 is 2.39 bits per heavy atom. The highest BCUT2D eigenvalue weighted by Crippen LogP contribution is 2.38. The maximum Gasteiger partial charge on any atom is 0.322 e. The number of fused-ring (bicyclic) bond motifs is 1. The highest BCUT2D eigenvalue weighted by Gasteiger charge is 2.33. The van der Waals surface area contributed by atoms with E-state index in [1.165, 1.54) is 0 Å². The zero-order valence-electron chi connectivity index (χ0n) is 19.0. The molecule has 7 nitrogen and oxygen atoms in total. The first-order chi connectivity index (χ1) is 16.0. The molecule has 1 atom stereocenters. The van der Waals surface area contributed by atoms with Gasteiger partial charge in [-0.2, -0.15) is 0 Å². The minimum Gasteiger partial charge on any atom is -0.493 e. The van der Waals surface area contributed by atoms with E-state index in [4.69, 9.17) is 21.1 Å². The molecule has 0 saturated heterocycles. The number of rotatable bonds is 6. The van der Waals surface area contributed by atoms with Crippen molar-refractivity contribution in [3.8, 4) is 11.5 Å². The molecule has 1 aliphatic heterocycles. The minimum absolute atomic E-state index is 0.0646. The third kappa shape index (κ3) is 5.19. The zero-order valence-corrected chi connectivity index (χ0v) is 19.8. The van der Waals surface area contributed by atoms with Crippen LogP contribution in [0.15, 0.2) is 36.4 Å². The molecular weight excluding hydrogens is 442 g/mol. The Balaban J connectivity index is 1.59. The van der Waals surface area contributed by atoms with Crippen LogP contribution in [0.1, 0.15) is 42.9 Å². The highest BCUT2D eigenvalue weighted by atomic mass is 35.5. The van der Waals surface area contributed by atoms with Crippen LogP contribution in [0.2, 0.25) is 5.02 Å². The standard InChI is InChI=1S/C25H30ClN3O4/c1-32-22-13-17-11-12-29(25(31)28-19-9-7-18(26)8-10-19)21(20(17)14-23(22)33-2)15-27-24(30)16-5-3-4-6-16/h7-10,13-14,16,21H,3-6,11-12,15H2,1-2H3,(H,27,30)(H,28,31). The van der Waals surface area contributed by atoms with Crippen molar-refractivity contribution in [1.29, 1.82) is 0 Å². The Hall–Kier alpha value is -2.93. The molecule has 0 spiro atoms. The van der Waals surface area contributed by atoms with Crippen LogP contribution in [-0.4, -0.2) is 44.1 Å². The number of urea groups is 1. The fourth-order valence-corrected chi connectivity index (χ4v) is 4.88. The summed E-state index contributed by atoms with van der Waals surface area (Å²) in [5.41, 5.74) is 2.71. The summed E-state index contributed by atoms with van der Waals surface area (Å²) in [5, 5.41) is 6.67. The van der Waals surface area contributed by atoms with Gasteiger partial charge in [-0.05, 0) is 66.8 Å². The molecule has 1 unspecified atom stereocenters. The second-order valence-electron chi connectivity index (χ2n) is 8.53. The number of ether oxygens (including phenoxy) is 2. The van der Waals surface area contributed by atoms with Crippen molar-refractivity contribution >= 4 is 29.2 Å². The molecule has 2 aromatic carbocycles. The molecule has 3 amide bonds. The summed E-state index contributed by atoms with van der Waals surface area (Å²) >= 11 is 5.97. The number of anilines is 1. The first-order valence-electron chi connectivity index (χ1n) is 11.4. The van der Waals surface area contributed by atoms with E-state index in [1.807, 2.05) is 12.1 Å². The van der Waals surface area contributed by atoms with Crippen LogP contribution < -0.4 is 20.1 Å². The topological polar surface area (TPSA) is 79.9 Å². The lowest BCUT2D eigenvalue weighted by molar-refractivity contribution is -0.125. The van der Waals surface area contributed by atoms with Crippen molar-refractivity contribution in [2.75, 3.05) is 32.6 Å². The number of amides is 3. The van der Waals surface area contributed by atoms with Crippen molar-refractivity contribution in [2.24, 2.45) is 5.92 Å². The molecule has 4 rings (SSSR count). The molecule has 0 aromatic heterocycles. The third-order valence-electron chi connectivity index (χ3n) is 6.55. The summed E-state index contributed by atoms with van der Waals surface area (Å²) in [7, 11) is 3.20. The molecule has 1 aliphatic carbocycles. The molecule has 1 fully saturated rings. The molecule has 1 saturated carbocycles. The first kappa shape index (κ1) is 23.2. The van der Waals surface area contributed by atoms with Crippen molar-refractivity contribution in [3.05, 3.63) is 52.5 Å². The average Bonchev–Trinajstić information content (AvgIpc) is 3.37. The van der Waals surface area contributed by atoms with E-state index in [0.29, 0.717) is 41.7 Å². The molecule has 176 valence electrons. The van der Waals surface area contributed by atoms with Gasteiger partial charge < -0.3 is 25.0 Å². The number of hydrogen-bond donors (Lipinski definition) is 2. The smallest absolute Gasteiger partial charge is 0.322 e. The molecular formula is C25H30ClN3O4. The maximum absolute atomic E-state index is 13.3. The van der Waals surface area contributed by atoms with E-state index in [-0.39, 0.29) is 23.9 Å².